The van der Waals surface area contributed by atoms with Crippen LogP contribution in [-0.2, 0) is 24.2 Å². The van der Waals surface area contributed by atoms with Crippen molar-refractivity contribution in [1.29, 1.82) is 0 Å². The fourth-order valence-electron chi connectivity index (χ4n) is 3.66. The van der Waals surface area contributed by atoms with Crippen molar-refractivity contribution in [3.05, 3.63) is 84.4 Å². The number of para-hydroxylation sites is 1. The molecule has 1 aromatic heterocycles. The molecule has 0 saturated heterocycles. The van der Waals surface area contributed by atoms with Gasteiger partial charge in [-0.2, -0.15) is 0 Å². The van der Waals surface area contributed by atoms with Crippen LogP contribution in [0.15, 0.2) is 88.9 Å². The van der Waals surface area contributed by atoms with E-state index in [1.54, 1.807) is 53.2 Å². The number of aromatic nitrogens is 3. The topological polar surface area (TPSA) is 127 Å². The molecule has 12 heteroatoms. The number of esters is 2. The van der Waals surface area contributed by atoms with Gasteiger partial charge in [0.2, 0.25) is 5.16 Å². The van der Waals surface area contributed by atoms with Crippen LogP contribution < -0.4 is 9.47 Å². The minimum Gasteiger partial charge on any atom is -0.493 e. The number of carbonyl (C=O) groups is 2. The van der Waals surface area contributed by atoms with Gasteiger partial charge < -0.3 is 14.2 Å². The molecule has 0 fully saturated rings. The maximum atomic E-state index is 12.2. The van der Waals surface area contributed by atoms with Crippen LogP contribution in [0.4, 0.5) is 0 Å². The van der Waals surface area contributed by atoms with Crippen LogP contribution in [0.1, 0.15) is 12.5 Å². The third-order valence-electron chi connectivity index (χ3n) is 5.54. The van der Waals surface area contributed by atoms with Gasteiger partial charge in [0, 0.05) is 30.6 Å². The second-order valence-electron chi connectivity index (χ2n) is 8.62. The Morgan fingerprint density at radius 1 is 1.00 bits per heavy atom. The molecule has 0 spiro atoms. The maximum absolute atomic E-state index is 12.2. The highest BCUT2D eigenvalue weighted by atomic mass is 32.2. The van der Waals surface area contributed by atoms with Crippen molar-refractivity contribution < 1.29 is 32.2 Å². The van der Waals surface area contributed by atoms with E-state index >= 15 is 0 Å². The van der Waals surface area contributed by atoms with Crippen LogP contribution >= 0.6 is 11.8 Å². The van der Waals surface area contributed by atoms with Crippen molar-refractivity contribution in [1.82, 2.24) is 14.8 Å². The molecular formula is C29H27N3O7S2. The first kappa shape index (κ1) is 29.6. The first-order valence-corrected chi connectivity index (χ1v) is 15.2. The van der Waals surface area contributed by atoms with Crippen molar-refractivity contribution in [3.63, 3.8) is 0 Å². The van der Waals surface area contributed by atoms with Gasteiger partial charge in [-0.05, 0) is 60.2 Å². The van der Waals surface area contributed by atoms with Gasteiger partial charge in [0.1, 0.15) is 6.61 Å². The summed E-state index contributed by atoms with van der Waals surface area (Å²) in [6.45, 7) is 1.42. The Hall–Kier alpha value is -4.42. The Bertz CT molecular complexity index is 1670. The number of thioether (sulfide) groups is 1. The lowest BCUT2D eigenvalue weighted by atomic mass is 10.2. The molecule has 4 aromatic rings. The molecule has 1 heterocycles. The second-order valence-corrected chi connectivity index (χ2v) is 11.7. The van der Waals surface area contributed by atoms with Crippen LogP contribution in [0.3, 0.4) is 0 Å². The number of ether oxygens (including phenoxy) is 3. The molecule has 0 bridgehead atoms. The molecule has 3 aromatic carbocycles. The molecule has 0 unspecified atom stereocenters. The summed E-state index contributed by atoms with van der Waals surface area (Å²) >= 11 is 1.32. The zero-order chi connectivity index (χ0) is 29.4. The quantitative estimate of drug-likeness (QED) is 0.0799. The van der Waals surface area contributed by atoms with E-state index in [1.165, 1.54) is 31.9 Å². The molecule has 0 aliphatic carbocycles. The third-order valence-corrected chi connectivity index (χ3v) is 7.47. The van der Waals surface area contributed by atoms with Crippen molar-refractivity contribution in [2.75, 3.05) is 25.7 Å². The number of hydrogen-bond acceptors (Lipinski definition) is 10. The number of rotatable bonds is 11. The molecule has 0 saturated carbocycles. The number of hydrogen-bond donors (Lipinski definition) is 0. The largest absolute Gasteiger partial charge is 0.493 e. The van der Waals surface area contributed by atoms with Crippen molar-refractivity contribution in [2.45, 2.75) is 17.0 Å². The highest BCUT2D eigenvalue weighted by Gasteiger charge is 2.16. The molecule has 41 heavy (non-hydrogen) atoms. The molecule has 4 rings (SSSR count). The predicted octanol–water partition coefficient (Wildman–Crippen LogP) is 4.62. The lowest BCUT2D eigenvalue weighted by Gasteiger charge is -2.08. The van der Waals surface area contributed by atoms with Crippen molar-refractivity contribution in [3.8, 4) is 28.6 Å². The average molecular weight is 594 g/mol. The van der Waals surface area contributed by atoms with E-state index in [0.29, 0.717) is 33.6 Å². The Morgan fingerprint density at radius 3 is 2.39 bits per heavy atom. The number of carbonyl (C=O) groups excluding carboxylic acids is 2. The fraction of sp³-hybridized carbons (Fsp3) is 0.172. The molecule has 0 atom stereocenters. The highest BCUT2D eigenvalue weighted by Crippen LogP contribution is 2.29. The first-order chi connectivity index (χ1) is 19.6. The molecule has 10 nitrogen and oxygen atoms in total. The minimum absolute atomic E-state index is 0.126. The summed E-state index contributed by atoms with van der Waals surface area (Å²) in [4.78, 5) is 28.3. The van der Waals surface area contributed by atoms with E-state index in [0.717, 1.165) is 11.9 Å². The number of nitrogens with zero attached hydrogens (tertiary/aromatic N) is 3. The summed E-state index contributed by atoms with van der Waals surface area (Å²) < 4.78 is 41.0. The standard InChI is InChI=1S/C29H27N3O7S2/c1-20(33)39-25-15-9-21(19-26(25)37-2)10-16-27(34)38-17-18-40-29-30-28(32(31-29)23-7-5-4-6-8-23)22-11-13-24(14-12-22)41(3,35)36/h4-16,19H,17-18H2,1-3H3/b16-10+. The van der Waals surface area contributed by atoms with Gasteiger partial charge in [-0.15, -0.1) is 5.10 Å². The van der Waals surface area contributed by atoms with E-state index in [9.17, 15) is 18.0 Å². The molecule has 0 amide bonds. The zero-order valence-corrected chi connectivity index (χ0v) is 24.1. The van der Waals surface area contributed by atoms with Crippen LogP contribution in [0.5, 0.6) is 11.5 Å². The molecule has 0 aliphatic heterocycles. The fourth-order valence-corrected chi connectivity index (χ4v) is 4.93. The molecule has 0 aliphatic rings. The summed E-state index contributed by atoms with van der Waals surface area (Å²) in [7, 11) is -1.87. The molecular weight excluding hydrogens is 566 g/mol. The number of sulfone groups is 1. The van der Waals surface area contributed by atoms with Gasteiger partial charge in [0.05, 0.1) is 17.7 Å². The van der Waals surface area contributed by atoms with Crippen LogP contribution in [0.25, 0.3) is 23.2 Å². The Labute approximate surface area is 241 Å². The smallest absolute Gasteiger partial charge is 0.330 e. The van der Waals surface area contributed by atoms with Gasteiger partial charge in [-0.25, -0.2) is 22.9 Å². The van der Waals surface area contributed by atoms with Gasteiger partial charge in [0.15, 0.2) is 27.2 Å². The highest BCUT2D eigenvalue weighted by molar-refractivity contribution is 7.99. The monoisotopic (exact) mass is 593 g/mol. The van der Waals surface area contributed by atoms with Gasteiger partial charge >= 0.3 is 11.9 Å². The van der Waals surface area contributed by atoms with E-state index in [-0.39, 0.29) is 17.3 Å². The Morgan fingerprint density at radius 2 is 1.73 bits per heavy atom. The van der Waals surface area contributed by atoms with E-state index in [4.69, 9.17) is 14.2 Å². The lowest BCUT2D eigenvalue weighted by Crippen LogP contribution is -2.04. The van der Waals surface area contributed by atoms with Gasteiger partial charge in [-0.1, -0.05) is 36.0 Å². The van der Waals surface area contributed by atoms with Gasteiger partial charge in [0.25, 0.3) is 0 Å². The lowest BCUT2D eigenvalue weighted by molar-refractivity contribution is -0.137. The van der Waals surface area contributed by atoms with Crippen molar-refractivity contribution in [2.24, 2.45) is 0 Å². The summed E-state index contributed by atoms with van der Waals surface area (Å²) in [5.41, 5.74) is 2.16. The normalized spacial score (nSPS) is 11.4. The summed E-state index contributed by atoms with van der Waals surface area (Å²) in [5, 5.41) is 5.09. The van der Waals surface area contributed by atoms with Crippen LogP contribution in [0, 0.1) is 0 Å². The summed E-state index contributed by atoms with van der Waals surface area (Å²) in [6.07, 6.45) is 4.03. The minimum atomic E-state index is -3.33. The SMILES string of the molecule is COc1cc(/C=C/C(=O)OCCSc2nc(-c3ccc(S(C)(=O)=O)cc3)n(-c3ccccc3)n2)ccc1OC(C)=O. The van der Waals surface area contributed by atoms with Crippen molar-refractivity contribution >= 4 is 39.6 Å². The number of benzene rings is 3. The van der Waals surface area contributed by atoms with E-state index in [2.05, 4.69) is 10.1 Å². The predicted molar refractivity (Wildman–Crippen MR) is 155 cm³/mol. The van der Waals surface area contributed by atoms with E-state index in [1.807, 2.05) is 30.3 Å². The summed E-state index contributed by atoms with van der Waals surface area (Å²) in [5.74, 6) is 0.622. The third kappa shape index (κ3) is 8.05. The molecule has 212 valence electrons. The number of methoxy groups -OCH3 is 1. The van der Waals surface area contributed by atoms with Crippen LogP contribution in [-0.4, -0.2) is 60.8 Å². The Kier molecular flexibility index (Phi) is 9.58. The average Bonchev–Trinajstić information content (AvgIpc) is 3.39. The summed E-state index contributed by atoms with van der Waals surface area (Å²) in [6, 6.07) is 20.8. The molecule has 0 radical (unpaired) electrons. The maximum Gasteiger partial charge on any atom is 0.330 e. The first-order valence-electron chi connectivity index (χ1n) is 12.3. The van der Waals surface area contributed by atoms with Crippen LogP contribution in [0.2, 0.25) is 0 Å². The molecule has 0 N–H and O–H groups in total. The zero-order valence-electron chi connectivity index (χ0n) is 22.5. The van der Waals surface area contributed by atoms with E-state index < -0.39 is 21.8 Å². The Balaban J connectivity index is 1.39. The van der Waals surface area contributed by atoms with Gasteiger partial charge in [-0.3, -0.25) is 4.79 Å². The second kappa shape index (κ2) is 13.3.